The molecule has 0 rings (SSSR count). The highest BCUT2D eigenvalue weighted by molar-refractivity contribution is 5.87. The lowest BCUT2D eigenvalue weighted by Crippen LogP contribution is -2.28. The summed E-state index contributed by atoms with van der Waals surface area (Å²) >= 11 is 0. The fourth-order valence-corrected chi connectivity index (χ4v) is 2.98. The van der Waals surface area contributed by atoms with E-state index in [9.17, 15) is 14.4 Å². The van der Waals surface area contributed by atoms with Crippen LogP contribution in [0.5, 0.6) is 0 Å². The van der Waals surface area contributed by atoms with Gasteiger partial charge in [0.05, 0.1) is 6.42 Å². The molecule has 28 heavy (non-hydrogen) atoms. The highest BCUT2D eigenvalue weighted by Gasteiger charge is 2.22. The van der Waals surface area contributed by atoms with Crippen molar-refractivity contribution in [3.05, 3.63) is 12.2 Å². The average Bonchev–Trinajstić information content (AvgIpc) is 2.64. The molecule has 0 radical (unpaired) electrons. The number of aliphatic carboxylic acids is 1. The van der Waals surface area contributed by atoms with Gasteiger partial charge in [0.15, 0.2) is 11.9 Å². The summed E-state index contributed by atoms with van der Waals surface area (Å²) in [5, 5.41) is 8.71. The normalized spacial score (nSPS) is 12.2. The maximum Gasteiger partial charge on any atom is 0.307 e. The molecular formula is C23H40O5. The summed E-state index contributed by atoms with van der Waals surface area (Å²) in [7, 11) is 0. The molecular weight excluding hydrogens is 356 g/mol. The van der Waals surface area contributed by atoms with Gasteiger partial charge in [-0.1, -0.05) is 70.4 Å². The molecule has 5 nitrogen and oxygen atoms in total. The van der Waals surface area contributed by atoms with Crippen LogP contribution in [0, 0.1) is 0 Å². The molecule has 162 valence electrons. The van der Waals surface area contributed by atoms with Crippen molar-refractivity contribution in [2.24, 2.45) is 0 Å². The Hall–Kier alpha value is -1.65. The van der Waals surface area contributed by atoms with Gasteiger partial charge in [0, 0.05) is 6.42 Å². The lowest BCUT2D eigenvalue weighted by Gasteiger charge is -2.12. The summed E-state index contributed by atoms with van der Waals surface area (Å²) in [5.41, 5.74) is 0. The number of hydrogen-bond acceptors (Lipinski definition) is 4. The van der Waals surface area contributed by atoms with Gasteiger partial charge in [-0.25, -0.2) is 0 Å². The van der Waals surface area contributed by atoms with Crippen molar-refractivity contribution >= 4 is 17.7 Å². The van der Waals surface area contributed by atoms with Gasteiger partial charge >= 0.3 is 11.9 Å². The van der Waals surface area contributed by atoms with Gasteiger partial charge in [-0.3, -0.25) is 14.4 Å². The Bertz CT molecular complexity index is 456. The maximum atomic E-state index is 11.7. The number of esters is 1. The molecule has 0 bridgehead atoms. The summed E-state index contributed by atoms with van der Waals surface area (Å²) < 4.78 is 4.96. The SMILES string of the molecule is CCCCCCCC/C=C/CCCCCCCC(=O)O[C@@H](CC(=O)O)C(C)=O. The Morgan fingerprint density at radius 3 is 1.82 bits per heavy atom. The van der Waals surface area contributed by atoms with Crippen molar-refractivity contribution in [1.82, 2.24) is 0 Å². The van der Waals surface area contributed by atoms with Crippen molar-refractivity contribution in [3.63, 3.8) is 0 Å². The third-order valence-electron chi connectivity index (χ3n) is 4.73. The number of Topliss-reactive ketones (excluding diaryl/α,β-unsaturated/α-hetero) is 1. The van der Waals surface area contributed by atoms with E-state index in [0.29, 0.717) is 6.42 Å². The molecule has 0 saturated carbocycles. The molecule has 0 amide bonds. The molecule has 0 spiro atoms. The number of unbranched alkanes of at least 4 members (excludes halogenated alkanes) is 11. The van der Waals surface area contributed by atoms with Crippen molar-refractivity contribution in [1.29, 1.82) is 0 Å². The van der Waals surface area contributed by atoms with E-state index < -0.39 is 30.2 Å². The predicted octanol–water partition coefficient (Wildman–Crippen LogP) is 6.00. The first-order valence-corrected chi connectivity index (χ1v) is 11.0. The lowest BCUT2D eigenvalue weighted by molar-refractivity contribution is -0.158. The van der Waals surface area contributed by atoms with Gasteiger partial charge in [0.1, 0.15) is 0 Å². The zero-order valence-electron chi connectivity index (χ0n) is 17.9. The first kappa shape index (κ1) is 26.4. The first-order chi connectivity index (χ1) is 13.5. The number of carboxylic acids is 1. The van der Waals surface area contributed by atoms with Gasteiger partial charge in [-0.2, -0.15) is 0 Å². The number of ketones is 1. The van der Waals surface area contributed by atoms with Crippen molar-refractivity contribution in [2.75, 3.05) is 0 Å². The monoisotopic (exact) mass is 396 g/mol. The second kappa shape index (κ2) is 18.7. The Labute approximate surface area is 170 Å². The smallest absolute Gasteiger partial charge is 0.307 e. The molecule has 0 aromatic rings. The molecule has 0 aromatic heterocycles. The molecule has 0 aliphatic carbocycles. The summed E-state index contributed by atoms with van der Waals surface area (Å²) in [4.78, 5) is 33.6. The van der Waals surface area contributed by atoms with E-state index in [0.717, 1.165) is 25.7 Å². The van der Waals surface area contributed by atoms with Gasteiger partial charge < -0.3 is 9.84 Å². The number of carbonyl (C=O) groups excluding carboxylic acids is 2. The Morgan fingerprint density at radius 1 is 0.821 bits per heavy atom. The van der Waals surface area contributed by atoms with Gasteiger partial charge in [-0.05, 0) is 39.0 Å². The molecule has 0 aliphatic rings. The molecule has 0 heterocycles. The molecule has 0 saturated heterocycles. The van der Waals surface area contributed by atoms with Crippen LogP contribution >= 0.6 is 0 Å². The molecule has 5 heteroatoms. The average molecular weight is 397 g/mol. The fourth-order valence-electron chi connectivity index (χ4n) is 2.98. The number of hydrogen-bond donors (Lipinski definition) is 1. The zero-order valence-corrected chi connectivity index (χ0v) is 17.9. The van der Waals surface area contributed by atoms with Crippen LogP contribution in [0.25, 0.3) is 0 Å². The van der Waals surface area contributed by atoms with E-state index in [2.05, 4.69) is 19.1 Å². The van der Waals surface area contributed by atoms with Crippen LogP contribution in [-0.2, 0) is 19.1 Å². The van der Waals surface area contributed by atoms with Crippen LogP contribution in [0.2, 0.25) is 0 Å². The van der Waals surface area contributed by atoms with Crippen LogP contribution in [0.4, 0.5) is 0 Å². The quantitative estimate of drug-likeness (QED) is 0.164. The Kier molecular flexibility index (Phi) is 17.6. The summed E-state index contributed by atoms with van der Waals surface area (Å²) in [5.74, 6) is -2.06. The van der Waals surface area contributed by atoms with Crippen molar-refractivity contribution in [3.8, 4) is 0 Å². The number of carbonyl (C=O) groups is 3. The van der Waals surface area contributed by atoms with E-state index >= 15 is 0 Å². The highest BCUT2D eigenvalue weighted by Crippen LogP contribution is 2.11. The second-order valence-corrected chi connectivity index (χ2v) is 7.52. The maximum absolute atomic E-state index is 11.7. The van der Waals surface area contributed by atoms with Crippen LogP contribution in [-0.4, -0.2) is 28.9 Å². The van der Waals surface area contributed by atoms with Crippen molar-refractivity contribution < 1.29 is 24.2 Å². The van der Waals surface area contributed by atoms with Crippen LogP contribution < -0.4 is 0 Å². The van der Waals surface area contributed by atoms with Crippen molar-refractivity contribution in [2.45, 2.75) is 116 Å². The first-order valence-electron chi connectivity index (χ1n) is 11.0. The van der Waals surface area contributed by atoms with Crippen LogP contribution in [0.15, 0.2) is 12.2 Å². The number of allylic oxidation sites excluding steroid dienone is 2. The lowest BCUT2D eigenvalue weighted by atomic mass is 10.1. The third kappa shape index (κ3) is 17.7. The Morgan fingerprint density at radius 2 is 1.32 bits per heavy atom. The molecule has 1 atom stereocenters. The summed E-state index contributed by atoms with van der Waals surface area (Å²) in [6.07, 6.45) is 18.6. The van der Waals surface area contributed by atoms with E-state index in [1.54, 1.807) is 0 Å². The minimum absolute atomic E-state index is 0.238. The minimum Gasteiger partial charge on any atom is -0.481 e. The highest BCUT2D eigenvalue weighted by atomic mass is 16.5. The second-order valence-electron chi connectivity index (χ2n) is 7.52. The van der Waals surface area contributed by atoms with E-state index in [-0.39, 0.29) is 6.42 Å². The number of rotatable bonds is 19. The molecule has 0 unspecified atom stereocenters. The van der Waals surface area contributed by atoms with Crippen LogP contribution in [0.3, 0.4) is 0 Å². The zero-order chi connectivity index (χ0) is 21.0. The van der Waals surface area contributed by atoms with E-state index in [4.69, 9.17) is 9.84 Å². The van der Waals surface area contributed by atoms with Gasteiger partial charge in [0.25, 0.3) is 0 Å². The standard InChI is InChI=1S/C23H40O5/c1-3-4-5-6-7-8-9-10-11-12-13-14-15-16-17-18-23(27)28-21(20(2)24)19-22(25)26/h10-11,21H,3-9,12-19H2,1-2H3,(H,25,26)/b11-10+/t21-/m0/s1. The molecule has 1 N–H and O–H groups in total. The summed E-state index contributed by atoms with van der Waals surface area (Å²) in [6.45, 7) is 3.48. The minimum atomic E-state index is -1.16. The fraction of sp³-hybridized carbons (Fsp3) is 0.783. The molecule has 0 fully saturated rings. The topological polar surface area (TPSA) is 80.7 Å². The van der Waals surface area contributed by atoms with Crippen LogP contribution in [0.1, 0.15) is 110 Å². The molecule has 0 aromatic carbocycles. The van der Waals surface area contributed by atoms with Gasteiger partial charge in [-0.15, -0.1) is 0 Å². The Balaban J connectivity index is 3.51. The van der Waals surface area contributed by atoms with E-state index in [1.807, 2.05) is 0 Å². The summed E-state index contributed by atoms with van der Waals surface area (Å²) in [6, 6.07) is 0. The van der Waals surface area contributed by atoms with E-state index in [1.165, 1.54) is 58.3 Å². The number of ether oxygens (including phenoxy) is 1. The number of carboxylic acid groups (broad SMARTS) is 1. The predicted molar refractivity (Wildman–Crippen MR) is 112 cm³/mol. The third-order valence-corrected chi connectivity index (χ3v) is 4.73. The largest absolute Gasteiger partial charge is 0.481 e. The van der Waals surface area contributed by atoms with Gasteiger partial charge in [0.2, 0.25) is 0 Å². The molecule has 0 aliphatic heterocycles.